The van der Waals surface area contributed by atoms with Gasteiger partial charge in [-0.2, -0.15) is 0 Å². The van der Waals surface area contributed by atoms with Crippen LogP contribution in [0, 0.1) is 5.92 Å². The molecule has 0 spiro atoms. The van der Waals surface area contributed by atoms with Gasteiger partial charge < -0.3 is 0 Å². The van der Waals surface area contributed by atoms with Crippen LogP contribution in [0.25, 0.3) is 10.2 Å². The minimum absolute atomic E-state index is 0.117. The SMILES string of the molecule is O=C(C1CCCCC1)N(c1ccccc1)c1nc2ccccc2s1. The first-order chi connectivity index (χ1) is 11.8. The van der Waals surface area contributed by atoms with Crippen LogP contribution in [0.3, 0.4) is 0 Å². The van der Waals surface area contributed by atoms with Gasteiger partial charge in [-0.1, -0.05) is 60.9 Å². The average Bonchev–Trinajstić information content (AvgIpc) is 3.07. The van der Waals surface area contributed by atoms with Crippen molar-refractivity contribution < 1.29 is 4.79 Å². The maximum Gasteiger partial charge on any atom is 0.236 e. The highest BCUT2D eigenvalue weighted by molar-refractivity contribution is 7.22. The number of carbonyl (C=O) groups is 1. The van der Waals surface area contributed by atoms with E-state index in [1.165, 1.54) is 6.42 Å². The van der Waals surface area contributed by atoms with Gasteiger partial charge in [0.1, 0.15) is 0 Å². The van der Waals surface area contributed by atoms with Crippen LogP contribution in [0.1, 0.15) is 32.1 Å². The van der Waals surface area contributed by atoms with Gasteiger partial charge in [0.15, 0.2) is 5.13 Å². The molecule has 1 aliphatic rings. The maximum absolute atomic E-state index is 13.3. The lowest BCUT2D eigenvalue weighted by Crippen LogP contribution is -2.33. The molecule has 0 aliphatic heterocycles. The van der Waals surface area contributed by atoms with Crippen LogP contribution in [-0.2, 0) is 4.79 Å². The second-order valence-electron chi connectivity index (χ2n) is 6.31. The number of benzene rings is 2. The van der Waals surface area contributed by atoms with Gasteiger partial charge in [-0.3, -0.25) is 9.69 Å². The number of rotatable bonds is 3. The predicted molar refractivity (Wildman–Crippen MR) is 99.8 cm³/mol. The van der Waals surface area contributed by atoms with E-state index in [0.717, 1.165) is 46.7 Å². The Morgan fingerprint density at radius 3 is 2.42 bits per heavy atom. The van der Waals surface area contributed by atoms with Gasteiger partial charge >= 0.3 is 0 Å². The smallest absolute Gasteiger partial charge is 0.236 e. The number of thiazole rings is 1. The molecule has 2 aromatic carbocycles. The molecular formula is C20H20N2OS. The molecule has 0 N–H and O–H groups in total. The zero-order chi connectivity index (χ0) is 16.4. The van der Waals surface area contributed by atoms with Gasteiger partial charge in [-0.25, -0.2) is 4.98 Å². The third-order valence-corrected chi connectivity index (χ3v) is 5.68. The van der Waals surface area contributed by atoms with Crippen molar-refractivity contribution in [3.8, 4) is 0 Å². The number of fused-ring (bicyclic) bond motifs is 1. The Bertz CT molecular complexity index is 804. The average molecular weight is 336 g/mol. The Balaban J connectivity index is 1.76. The molecule has 0 unspecified atom stereocenters. The Kier molecular flexibility index (Phi) is 4.30. The van der Waals surface area contributed by atoms with Crippen molar-refractivity contribution >= 4 is 38.3 Å². The van der Waals surface area contributed by atoms with E-state index < -0.39 is 0 Å². The van der Waals surface area contributed by atoms with Crippen molar-refractivity contribution in [2.45, 2.75) is 32.1 Å². The monoisotopic (exact) mass is 336 g/mol. The lowest BCUT2D eigenvalue weighted by atomic mass is 9.88. The Hall–Kier alpha value is -2.20. The number of hydrogen-bond donors (Lipinski definition) is 0. The van der Waals surface area contributed by atoms with Crippen molar-refractivity contribution in [3.05, 3.63) is 54.6 Å². The number of aromatic nitrogens is 1. The molecule has 0 atom stereocenters. The van der Waals surface area contributed by atoms with Gasteiger partial charge in [0.2, 0.25) is 5.91 Å². The summed E-state index contributed by atoms with van der Waals surface area (Å²) in [5.74, 6) is 0.311. The van der Waals surface area contributed by atoms with E-state index in [1.807, 2.05) is 53.4 Å². The molecule has 0 bridgehead atoms. The van der Waals surface area contributed by atoms with Crippen LogP contribution in [0.4, 0.5) is 10.8 Å². The quantitative estimate of drug-likeness (QED) is 0.629. The van der Waals surface area contributed by atoms with Gasteiger partial charge in [-0.05, 0) is 37.1 Å². The molecule has 1 aromatic heterocycles. The summed E-state index contributed by atoms with van der Waals surface area (Å²) in [6.45, 7) is 0. The fourth-order valence-corrected chi connectivity index (χ4v) is 4.39. The first kappa shape index (κ1) is 15.3. The molecule has 4 rings (SSSR count). The fraction of sp³-hybridized carbons (Fsp3) is 0.300. The summed E-state index contributed by atoms with van der Waals surface area (Å²) in [6.07, 6.45) is 5.54. The summed E-state index contributed by atoms with van der Waals surface area (Å²) >= 11 is 1.59. The van der Waals surface area contributed by atoms with E-state index in [-0.39, 0.29) is 11.8 Å². The second kappa shape index (κ2) is 6.73. The van der Waals surface area contributed by atoms with Gasteiger partial charge in [-0.15, -0.1) is 0 Å². The van der Waals surface area contributed by atoms with E-state index in [9.17, 15) is 4.79 Å². The number of carbonyl (C=O) groups excluding carboxylic acids is 1. The van der Waals surface area contributed by atoms with Crippen LogP contribution in [-0.4, -0.2) is 10.9 Å². The van der Waals surface area contributed by atoms with Gasteiger partial charge in [0.25, 0.3) is 0 Å². The maximum atomic E-state index is 13.3. The summed E-state index contributed by atoms with van der Waals surface area (Å²) in [6, 6.07) is 18.0. The van der Waals surface area contributed by atoms with Crippen LogP contribution >= 0.6 is 11.3 Å². The van der Waals surface area contributed by atoms with Crippen molar-refractivity contribution in [3.63, 3.8) is 0 Å². The Labute approximate surface area is 146 Å². The Morgan fingerprint density at radius 1 is 0.958 bits per heavy atom. The standard InChI is InChI=1S/C20H20N2OS/c23-19(15-9-3-1-4-10-15)22(16-11-5-2-6-12-16)20-21-17-13-7-8-14-18(17)24-20/h2,5-8,11-15H,1,3-4,9-10H2. The minimum atomic E-state index is 0.117. The summed E-state index contributed by atoms with van der Waals surface area (Å²) in [4.78, 5) is 19.8. The number of para-hydroxylation sites is 2. The molecule has 4 heteroatoms. The van der Waals surface area contributed by atoms with E-state index in [4.69, 9.17) is 4.98 Å². The topological polar surface area (TPSA) is 33.2 Å². The van der Waals surface area contributed by atoms with Gasteiger partial charge in [0, 0.05) is 5.92 Å². The van der Waals surface area contributed by atoms with Crippen LogP contribution in [0.2, 0.25) is 0 Å². The lowest BCUT2D eigenvalue weighted by molar-refractivity contribution is -0.122. The number of nitrogens with zero attached hydrogens (tertiary/aromatic N) is 2. The first-order valence-corrected chi connectivity index (χ1v) is 9.39. The predicted octanol–water partition coefficient (Wildman–Crippen LogP) is 5.54. The largest absolute Gasteiger partial charge is 0.274 e. The van der Waals surface area contributed by atoms with Crippen molar-refractivity contribution in [1.29, 1.82) is 0 Å². The lowest BCUT2D eigenvalue weighted by Gasteiger charge is -2.27. The Morgan fingerprint density at radius 2 is 1.67 bits per heavy atom. The van der Waals surface area contributed by atoms with E-state index in [0.29, 0.717) is 0 Å². The highest BCUT2D eigenvalue weighted by atomic mass is 32.1. The summed E-state index contributed by atoms with van der Waals surface area (Å²) in [7, 11) is 0. The molecule has 3 nitrogen and oxygen atoms in total. The molecular weight excluding hydrogens is 316 g/mol. The highest BCUT2D eigenvalue weighted by Crippen LogP contribution is 2.36. The fourth-order valence-electron chi connectivity index (χ4n) is 3.40. The van der Waals surface area contributed by atoms with E-state index in [2.05, 4.69) is 6.07 Å². The van der Waals surface area contributed by atoms with E-state index in [1.54, 1.807) is 11.3 Å². The molecule has 1 saturated carbocycles. The van der Waals surface area contributed by atoms with Crippen LogP contribution in [0.15, 0.2) is 54.6 Å². The second-order valence-corrected chi connectivity index (χ2v) is 7.32. The van der Waals surface area contributed by atoms with Crippen molar-refractivity contribution in [2.75, 3.05) is 4.90 Å². The molecule has 24 heavy (non-hydrogen) atoms. The molecule has 1 heterocycles. The molecule has 122 valence electrons. The van der Waals surface area contributed by atoms with Gasteiger partial charge in [0.05, 0.1) is 15.9 Å². The molecule has 1 aliphatic carbocycles. The van der Waals surface area contributed by atoms with E-state index >= 15 is 0 Å². The molecule has 0 radical (unpaired) electrons. The van der Waals surface area contributed by atoms with Crippen LogP contribution < -0.4 is 4.90 Å². The molecule has 1 amide bonds. The molecule has 0 saturated heterocycles. The number of hydrogen-bond acceptors (Lipinski definition) is 3. The third kappa shape index (κ3) is 2.94. The third-order valence-electron chi connectivity index (χ3n) is 4.66. The summed E-state index contributed by atoms with van der Waals surface area (Å²) < 4.78 is 1.12. The van der Waals surface area contributed by atoms with Crippen molar-refractivity contribution in [1.82, 2.24) is 4.98 Å². The first-order valence-electron chi connectivity index (χ1n) is 8.57. The summed E-state index contributed by atoms with van der Waals surface area (Å²) in [5, 5.41) is 0.776. The zero-order valence-corrected chi connectivity index (χ0v) is 14.3. The summed E-state index contributed by atoms with van der Waals surface area (Å²) in [5.41, 5.74) is 1.86. The van der Waals surface area contributed by atoms with Crippen LogP contribution in [0.5, 0.6) is 0 Å². The molecule has 3 aromatic rings. The number of anilines is 2. The number of amides is 1. The molecule has 1 fully saturated rings. The van der Waals surface area contributed by atoms with Crippen molar-refractivity contribution in [2.24, 2.45) is 5.92 Å². The zero-order valence-electron chi connectivity index (χ0n) is 13.5. The highest BCUT2D eigenvalue weighted by Gasteiger charge is 2.29. The normalized spacial score (nSPS) is 15.5. The minimum Gasteiger partial charge on any atom is -0.274 e.